The number of nitrogens with one attached hydrogen (secondary N) is 2. The van der Waals surface area contributed by atoms with E-state index in [-0.39, 0.29) is 5.69 Å². The molecule has 0 fully saturated rings. The second-order valence-corrected chi connectivity index (χ2v) is 6.52. The number of methoxy groups -OCH3 is 1. The van der Waals surface area contributed by atoms with Crippen molar-refractivity contribution in [2.45, 2.75) is 33.8 Å². The van der Waals surface area contributed by atoms with Crippen LogP contribution in [0.2, 0.25) is 0 Å². The van der Waals surface area contributed by atoms with Crippen molar-refractivity contribution in [3.05, 3.63) is 33.8 Å². The summed E-state index contributed by atoms with van der Waals surface area (Å²) in [4.78, 5) is 39.9. The van der Waals surface area contributed by atoms with E-state index in [1.165, 1.54) is 14.0 Å². The molecule has 0 radical (unpaired) electrons. The average molecular weight is 379 g/mol. The molecule has 8 nitrogen and oxygen atoms in total. The quantitative estimate of drug-likeness (QED) is 0.586. The van der Waals surface area contributed by atoms with Gasteiger partial charge in [0.15, 0.2) is 6.10 Å². The number of ether oxygens (including phenoxy) is 2. The standard InChI is InChI=1S/C17H21N3O5S/c1-7-11(16(22)24-6)8(2)19-13(7)14(21)10(4)25-17(23)12-9(3)20-26-15(12)18-5/h10,18-19H,1-6H3/t10-/m1/s1. The molecule has 140 valence electrons. The van der Waals surface area contributed by atoms with Gasteiger partial charge in [0.25, 0.3) is 0 Å². The summed E-state index contributed by atoms with van der Waals surface area (Å²) in [5.41, 5.74) is 2.36. The number of hydrogen-bond donors (Lipinski definition) is 2. The Balaban J connectivity index is 2.24. The van der Waals surface area contributed by atoms with Crippen molar-refractivity contribution in [1.29, 1.82) is 0 Å². The molecule has 2 rings (SSSR count). The summed E-state index contributed by atoms with van der Waals surface area (Å²) in [7, 11) is 2.95. The van der Waals surface area contributed by atoms with Crippen LogP contribution in [-0.2, 0) is 9.47 Å². The lowest BCUT2D eigenvalue weighted by Crippen LogP contribution is -2.26. The van der Waals surface area contributed by atoms with Crippen molar-refractivity contribution in [3.8, 4) is 0 Å². The van der Waals surface area contributed by atoms with E-state index in [1.807, 2.05) is 0 Å². The van der Waals surface area contributed by atoms with Crippen LogP contribution in [0.4, 0.5) is 5.00 Å². The number of hydrogen-bond acceptors (Lipinski definition) is 8. The van der Waals surface area contributed by atoms with Gasteiger partial charge in [-0.05, 0) is 44.8 Å². The maximum atomic E-state index is 12.7. The average Bonchev–Trinajstić information content (AvgIpc) is 3.12. The van der Waals surface area contributed by atoms with Crippen molar-refractivity contribution in [3.63, 3.8) is 0 Å². The van der Waals surface area contributed by atoms with Crippen LogP contribution in [0.5, 0.6) is 0 Å². The molecule has 2 heterocycles. The molecular formula is C17H21N3O5S. The van der Waals surface area contributed by atoms with Crippen LogP contribution < -0.4 is 5.32 Å². The van der Waals surface area contributed by atoms with Gasteiger partial charge < -0.3 is 19.8 Å². The number of aryl methyl sites for hydroxylation is 2. The Morgan fingerprint density at radius 1 is 1.15 bits per heavy atom. The first-order valence-electron chi connectivity index (χ1n) is 7.89. The first-order valence-corrected chi connectivity index (χ1v) is 8.66. The van der Waals surface area contributed by atoms with Crippen LogP contribution in [0.15, 0.2) is 0 Å². The maximum Gasteiger partial charge on any atom is 0.343 e. The highest BCUT2D eigenvalue weighted by atomic mass is 32.1. The second kappa shape index (κ2) is 7.69. The van der Waals surface area contributed by atoms with Crippen molar-refractivity contribution in [1.82, 2.24) is 9.36 Å². The third-order valence-corrected chi connectivity index (χ3v) is 4.98. The van der Waals surface area contributed by atoms with Crippen LogP contribution in [0.3, 0.4) is 0 Å². The minimum absolute atomic E-state index is 0.220. The number of H-pyrrole nitrogens is 1. The van der Waals surface area contributed by atoms with E-state index in [4.69, 9.17) is 9.47 Å². The van der Waals surface area contributed by atoms with E-state index in [9.17, 15) is 14.4 Å². The highest BCUT2D eigenvalue weighted by molar-refractivity contribution is 7.10. The molecule has 0 saturated carbocycles. The molecule has 0 saturated heterocycles. The molecule has 0 aliphatic heterocycles. The molecule has 0 aliphatic carbocycles. The van der Waals surface area contributed by atoms with Gasteiger partial charge in [-0.25, -0.2) is 9.59 Å². The third kappa shape index (κ3) is 3.48. The van der Waals surface area contributed by atoms with Crippen LogP contribution >= 0.6 is 11.5 Å². The number of aromatic nitrogens is 2. The molecule has 0 spiro atoms. The molecule has 0 aliphatic rings. The lowest BCUT2D eigenvalue weighted by Gasteiger charge is -2.12. The lowest BCUT2D eigenvalue weighted by molar-refractivity contribution is 0.0317. The van der Waals surface area contributed by atoms with Gasteiger partial charge in [0.05, 0.1) is 24.1 Å². The van der Waals surface area contributed by atoms with E-state index >= 15 is 0 Å². The highest BCUT2D eigenvalue weighted by Gasteiger charge is 2.29. The van der Waals surface area contributed by atoms with Crippen LogP contribution in [0.25, 0.3) is 0 Å². The molecule has 1 atom stereocenters. The van der Waals surface area contributed by atoms with Gasteiger partial charge in [-0.15, -0.1) is 0 Å². The zero-order chi connectivity index (χ0) is 19.6. The zero-order valence-electron chi connectivity index (χ0n) is 15.5. The van der Waals surface area contributed by atoms with Gasteiger partial charge in [-0.2, -0.15) is 4.37 Å². The Kier molecular flexibility index (Phi) is 5.81. The van der Waals surface area contributed by atoms with Gasteiger partial charge in [0.1, 0.15) is 10.6 Å². The minimum Gasteiger partial charge on any atom is -0.465 e. The summed E-state index contributed by atoms with van der Waals surface area (Å²) in [6.45, 7) is 6.50. The highest BCUT2D eigenvalue weighted by Crippen LogP contribution is 2.26. The predicted octanol–water partition coefficient (Wildman–Crippen LogP) is 2.65. The fourth-order valence-corrected chi connectivity index (χ4v) is 3.39. The molecule has 2 aromatic heterocycles. The number of aromatic amines is 1. The summed E-state index contributed by atoms with van der Waals surface area (Å²) in [6.07, 6.45) is -1.03. The summed E-state index contributed by atoms with van der Waals surface area (Å²) in [5, 5.41) is 3.46. The number of nitrogens with zero attached hydrogens (tertiary/aromatic N) is 1. The first kappa shape index (κ1) is 19.6. The van der Waals surface area contributed by atoms with Gasteiger partial charge in [0, 0.05) is 12.7 Å². The van der Waals surface area contributed by atoms with Crippen LogP contribution in [-0.4, -0.2) is 47.3 Å². The van der Waals surface area contributed by atoms with Crippen molar-refractivity contribution >= 4 is 34.3 Å². The number of anilines is 1. The van der Waals surface area contributed by atoms with Crippen molar-refractivity contribution in [2.75, 3.05) is 19.5 Å². The topological polar surface area (TPSA) is 110 Å². The van der Waals surface area contributed by atoms with Gasteiger partial charge in [-0.3, -0.25) is 4.79 Å². The fraction of sp³-hybridized carbons (Fsp3) is 0.412. The van der Waals surface area contributed by atoms with Crippen molar-refractivity contribution < 1.29 is 23.9 Å². The van der Waals surface area contributed by atoms with E-state index < -0.39 is 23.8 Å². The smallest absolute Gasteiger partial charge is 0.343 e. The SMILES string of the molecule is CNc1snc(C)c1C(=O)O[C@H](C)C(=O)c1[nH]c(C)c(C(=O)OC)c1C. The molecule has 2 aromatic rings. The number of esters is 2. The third-order valence-electron chi connectivity index (χ3n) is 4.02. The first-order chi connectivity index (χ1) is 12.2. The van der Waals surface area contributed by atoms with Gasteiger partial charge in [-0.1, -0.05) is 0 Å². The Bertz CT molecular complexity index is 868. The fourth-order valence-electron chi connectivity index (χ4n) is 2.66. The predicted molar refractivity (Wildman–Crippen MR) is 97.2 cm³/mol. The summed E-state index contributed by atoms with van der Waals surface area (Å²) in [5.74, 6) is -1.59. The largest absolute Gasteiger partial charge is 0.465 e. The van der Waals surface area contributed by atoms with E-state index in [0.29, 0.717) is 33.1 Å². The molecule has 0 bridgehead atoms. The molecule has 9 heteroatoms. The number of carbonyl (C=O) groups is 3. The van der Waals surface area contributed by atoms with E-state index in [2.05, 4.69) is 14.7 Å². The van der Waals surface area contributed by atoms with E-state index in [1.54, 1.807) is 27.8 Å². The Hall–Kier alpha value is -2.68. The van der Waals surface area contributed by atoms with Crippen molar-refractivity contribution in [2.24, 2.45) is 0 Å². The Morgan fingerprint density at radius 2 is 1.81 bits per heavy atom. The lowest BCUT2D eigenvalue weighted by atomic mass is 10.1. The normalized spacial score (nSPS) is 11.8. The Labute approximate surface area is 155 Å². The molecule has 26 heavy (non-hydrogen) atoms. The zero-order valence-corrected chi connectivity index (χ0v) is 16.3. The molecule has 0 unspecified atom stereocenters. The van der Waals surface area contributed by atoms with Crippen LogP contribution in [0, 0.1) is 20.8 Å². The summed E-state index contributed by atoms with van der Waals surface area (Å²) >= 11 is 1.15. The van der Waals surface area contributed by atoms with Gasteiger partial charge >= 0.3 is 11.9 Å². The minimum atomic E-state index is -1.03. The van der Waals surface area contributed by atoms with Gasteiger partial charge in [0.2, 0.25) is 5.78 Å². The maximum absolute atomic E-state index is 12.7. The van der Waals surface area contributed by atoms with Crippen LogP contribution in [0.1, 0.15) is 55.1 Å². The number of Topliss-reactive ketones (excluding diaryl/α,β-unsaturated/α-hetero) is 1. The molecule has 0 aromatic carbocycles. The summed E-state index contributed by atoms with van der Waals surface area (Å²) < 4.78 is 14.2. The van der Waals surface area contributed by atoms with E-state index in [0.717, 1.165) is 11.5 Å². The number of carbonyl (C=O) groups excluding carboxylic acids is 3. The molecule has 2 N–H and O–H groups in total. The molecular weight excluding hydrogens is 358 g/mol. The summed E-state index contributed by atoms with van der Waals surface area (Å²) in [6, 6.07) is 0. The molecule has 0 amide bonds. The Morgan fingerprint density at radius 3 is 2.38 bits per heavy atom. The number of ketones is 1. The second-order valence-electron chi connectivity index (χ2n) is 5.75. The number of rotatable bonds is 6. The monoisotopic (exact) mass is 379 g/mol.